The molecule has 0 bridgehead atoms. The van der Waals surface area contributed by atoms with Crippen molar-refractivity contribution in [3.63, 3.8) is 0 Å². The van der Waals surface area contributed by atoms with E-state index in [4.69, 9.17) is 9.05 Å². The van der Waals surface area contributed by atoms with Crippen molar-refractivity contribution in [2.45, 2.75) is 167 Å². The minimum absolute atomic E-state index is 0.00836. The standard InChI is InChI=1S/C39H75N2O6P/c1-6-8-10-12-14-16-18-20-22-24-26-28-30-32-38(42)37(36-47-48(44,45)46-35-34-41(3,4)5)40-39(43)33-31-29-27-25-23-21-19-17-15-13-11-9-7-2/h17,19,22,24,30,32,37-38,42H,6-16,18,20-21,23,25-29,31,33-36H2,1-5H3,(H-,40,43,44,45)/b19-17-,24-22+,32-30+. The number of carbonyl (C=O) groups excluding carboxylic acids is 1. The monoisotopic (exact) mass is 699 g/mol. The Morgan fingerprint density at radius 1 is 0.708 bits per heavy atom. The maximum absolute atomic E-state index is 12.8. The zero-order valence-electron chi connectivity index (χ0n) is 31.7. The number of aliphatic hydroxyl groups is 1. The van der Waals surface area contributed by atoms with E-state index in [1.807, 2.05) is 27.2 Å². The number of rotatable bonds is 34. The number of aliphatic hydroxyl groups excluding tert-OH is 1. The number of hydrogen-bond acceptors (Lipinski definition) is 6. The molecule has 0 aliphatic rings. The molecular formula is C39H75N2O6P. The molecule has 8 nitrogen and oxygen atoms in total. The van der Waals surface area contributed by atoms with Gasteiger partial charge >= 0.3 is 0 Å². The van der Waals surface area contributed by atoms with E-state index in [0.29, 0.717) is 17.4 Å². The van der Waals surface area contributed by atoms with Gasteiger partial charge in [-0.15, -0.1) is 0 Å². The van der Waals surface area contributed by atoms with Crippen LogP contribution in [0.4, 0.5) is 0 Å². The van der Waals surface area contributed by atoms with Crippen LogP contribution in [0.3, 0.4) is 0 Å². The molecule has 0 aliphatic carbocycles. The van der Waals surface area contributed by atoms with Crippen molar-refractivity contribution in [1.29, 1.82) is 0 Å². The number of carbonyl (C=O) groups is 1. The van der Waals surface area contributed by atoms with Crippen LogP contribution in [-0.4, -0.2) is 68.5 Å². The maximum Gasteiger partial charge on any atom is 0.268 e. The van der Waals surface area contributed by atoms with Gasteiger partial charge in [-0.25, -0.2) is 0 Å². The highest BCUT2D eigenvalue weighted by atomic mass is 31.2. The molecule has 0 spiro atoms. The molecule has 0 saturated carbocycles. The number of hydrogen-bond donors (Lipinski definition) is 2. The van der Waals surface area contributed by atoms with Gasteiger partial charge in [0.15, 0.2) is 0 Å². The smallest absolute Gasteiger partial charge is 0.268 e. The Morgan fingerprint density at radius 3 is 1.71 bits per heavy atom. The minimum atomic E-state index is -4.59. The van der Waals surface area contributed by atoms with Crippen LogP contribution in [0.1, 0.15) is 155 Å². The summed E-state index contributed by atoms with van der Waals surface area (Å²) in [7, 11) is 1.23. The molecule has 0 aromatic rings. The summed E-state index contributed by atoms with van der Waals surface area (Å²) in [5.41, 5.74) is 0. The molecule has 282 valence electrons. The molecule has 0 radical (unpaired) electrons. The molecule has 3 unspecified atom stereocenters. The number of unbranched alkanes of at least 4 members (excludes halogenated alkanes) is 17. The van der Waals surface area contributed by atoms with Crippen LogP contribution in [0.2, 0.25) is 0 Å². The van der Waals surface area contributed by atoms with Gasteiger partial charge in [0.1, 0.15) is 13.2 Å². The summed E-state index contributed by atoms with van der Waals surface area (Å²) < 4.78 is 23.1. The van der Waals surface area contributed by atoms with Crippen molar-refractivity contribution >= 4 is 13.7 Å². The fourth-order valence-electron chi connectivity index (χ4n) is 5.16. The highest BCUT2D eigenvalue weighted by molar-refractivity contribution is 7.45. The Morgan fingerprint density at radius 2 is 1.17 bits per heavy atom. The summed E-state index contributed by atoms with van der Waals surface area (Å²) in [6.07, 6.45) is 36.1. The number of amides is 1. The van der Waals surface area contributed by atoms with E-state index in [-0.39, 0.29) is 12.5 Å². The molecule has 2 N–H and O–H groups in total. The van der Waals surface area contributed by atoms with Gasteiger partial charge in [-0.05, 0) is 57.8 Å². The average molecular weight is 699 g/mol. The summed E-state index contributed by atoms with van der Waals surface area (Å²) in [6.45, 7) is 4.56. The maximum atomic E-state index is 12.8. The first-order chi connectivity index (χ1) is 23.0. The zero-order chi connectivity index (χ0) is 35.8. The minimum Gasteiger partial charge on any atom is -0.756 e. The van der Waals surface area contributed by atoms with Crippen LogP contribution in [0, 0.1) is 0 Å². The van der Waals surface area contributed by atoms with Crippen LogP contribution in [0.5, 0.6) is 0 Å². The van der Waals surface area contributed by atoms with Crippen molar-refractivity contribution in [2.75, 3.05) is 40.9 Å². The van der Waals surface area contributed by atoms with Gasteiger partial charge in [0, 0.05) is 6.42 Å². The zero-order valence-corrected chi connectivity index (χ0v) is 32.6. The third-order valence-corrected chi connectivity index (χ3v) is 9.29. The predicted octanol–water partition coefficient (Wildman–Crippen LogP) is 9.33. The van der Waals surface area contributed by atoms with Crippen LogP contribution in [-0.2, 0) is 18.4 Å². The highest BCUT2D eigenvalue weighted by Crippen LogP contribution is 2.38. The van der Waals surface area contributed by atoms with Gasteiger partial charge in [-0.2, -0.15) is 0 Å². The SMILES string of the molecule is CCCCCC/C=C\CCCCCCCC(=O)NC(COP(=O)([O-])OCC[N+](C)(C)C)C(O)/C=C/CC/C=C/CCCCCCCCC. The predicted molar refractivity (Wildman–Crippen MR) is 201 cm³/mol. The van der Waals surface area contributed by atoms with E-state index in [9.17, 15) is 19.4 Å². The lowest BCUT2D eigenvalue weighted by atomic mass is 10.1. The molecule has 1 amide bonds. The number of quaternary nitrogens is 1. The normalized spacial score (nSPS) is 15.1. The van der Waals surface area contributed by atoms with Crippen molar-refractivity contribution < 1.29 is 32.9 Å². The number of nitrogens with one attached hydrogen (secondary N) is 1. The first-order valence-corrected chi connectivity index (χ1v) is 20.8. The lowest BCUT2D eigenvalue weighted by Crippen LogP contribution is -2.45. The largest absolute Gasteiger partial charge is 0.756 e. The van der Waals surface area contributed by atoms with Gasteiger partial charge in [-0.3, -0.25) is 9.36 Å². The molecule has 9 heteroatoms. The molecule has 0 fully saturated rings. The second-order valence-corrected chi connectivity index (χ2v) is 15.7. The second-order valence-electron chi connectivity index (χ2n) is 14.3. The van der Waals surface area contributed by atoms with Gasteiger partial charge in [0.2, 0.25) is 5.91 Å². The number of phosphoric acid groups is 1. The number of nitrogens with zero attached hydrogens (tertiary/aromatic N) is 1. The number of phosphoric ester groups is 1. The van der Waals surface area contributed by atoms with Gasteiger partial charge in [0.05, 0.1) is 39.9 Å². The lowest BCUT2D eigenvalue weighted by Gasteiger charge is -2.29. The second kappa shape index (κ2) is 31.7. The molecule has 0 aromatic carbocycles. The molecule has 48 heavy (non-hydrogen) atoms. The quantitative estimate of drug-likeness (QED) is 0.0300. The van der Waals surface area contributed by atoms with Crippen molar-refractivity contribution in [3.8, 4) is 0 Å². The average Bonchev–Trinajstić information content (AvgIpc) is 3.02. The lowest BCUT2D eigenvalue weighted by molar-refractivity contribution is -0.870. The van der Waals surface area contributed by atoms with Crippen molar-refractivity contribution in [3.05, 3.63) is 36.5 Å². The van der Waals surface area contributed by atoms with Crippen LogP contribution >= 0.6 is 7.82 Å². The molecule has 0 rings (SSSR count). The summed E-state index contributed by atoms with van der Waals surface area (Å²) >= 11 is 0. The van der Waals surface area contributed by atoms with E-state index in [2.05, 4.69) is 43.5 Å². The summed E-state index contributed by atoms with van der Waals surface area (Å²) in [4.78, 5) is 25.1. The third-order valence-electron chi connectivity index (χ3n) is 8.32. The first-order valence-electron chi connectivity index (χ1n) is 19.4. The molecule has 0 heterocycles. The molecule has 0 aliphatic heterocycles. The first kappa shape index (κ1) is 46.7. The van der Waals surface area contributed by atoms with E-state index in [1.165, 1.54) is 77.0 Å². The Labute approximate surface area is 296 Å². The van der Waals surface area contributed by atoms with Gasteiger partial charge in [-0.1, -0.05) is 127 Å². The van der Waals surface area contributed by atoms with Gasteiger partial charge < -0.3 is 28.8 Å². The third kappa shape index (κ3) is 33.2. The van der Waals surface area contributed by atoms with Crippen LogP contribution in [0.25, 0.3) is 0 Å². The van der Waals surface area contributed by atoms with E-state index in [0.717, 1.165) is 57.8 Å². The van der Waals surface area contributed by atoms with Gasteiger partial charge in [0.25, 0.3) is 7.82 Å². The topological polar surface area (TPSA) is 108 Å². The fourth-order valence-corrected chi connectivity index (χ4v) is 5.88. The Bertz CT molecular complexity index is 886. The molecule has 3 atom stereocenters. The fraction of sp³-hybridized carbons (Fsp3) is 0.821. The van der Waals surface area contributed by atoms with Crippen LogP contribution < -0.4 is 10.2 Å². The Hall–Kier alpha value is -1.28. The number of likely N-dealkylation sites (N-methyl/N-ethyl adjacent to an activating group) is 1. The summed E-state index contributed by atoms with van der Waals surface area (Å²) in [5.74, 6) is -0.220. The van der Waals surface area contributed by atoms with E-state index >= 15 is 0 Å². The molecular weight excluding hydrogens is 623 g/mol. The summed E-state index contributed by atoms with van der Waals surface area (Å²) in [5, 5.41) is 13.7. The van der Waals surface area contributed by atoms with E-state index in [1.54, 1.807) is 6.08 Å². The molecule has 0 saturated heterocycles. The van der Waals surface area contributed by atoms with E-state index < -0.39 is 26.6 Å². The Kier molecular flexibility index (Phi) is 30.8. The van der Waals surface area contributed by atoms with Crippen molar-refractivity contribution in [2.24, 2.45) is 0 Å². The molecule has 0 aromatic heterocycles. The number of allylic oxidation sites excluding steroid dienone is 5. The summed E-state index contributed by atoms with van der Waals surface area (Å²) in [6, 6.07) is -0.903. The van der Waals surface area contributed by atoms with Crippen LogP contribution in [0.15, 0.2) is 36.5 Å². The Balaban J connectivity index is 4.61. The van der Waals surface area contributed by atoms with Crippen molar-refractivity contribution in [1.82, 2.24) is 5.32 Å². The highest BCUT2D eigenvalue weighted by Gasteiger charge is 2.23.